The van der Waals surface area contributed by atoms with E-state index in [4.69, 9.17) is 11.6 Å². The van der Waals surface area contributed by atoms with Crippen LogP contribution in [-0.4, -0.2) is 21.7 Å². The monoisotopic (exact) mass is 310 g/mol. The summed E-state index contributed by atoms with van der Waals surface area (Å²) in [5, 5.41) is 9.23. The number of rotatable bonds is 7. The molecule has 100 valence electrons. The minimum Gasteiger partial charge on any atom is -0.157 e. The van der Waals surface area contributed by atoms with Crippen molar-refractivity contribution in [1.82, 2.24) is 10.2 Å². The molecule has 19 heavy (non-hydrogen) atoms. The third-order valence-corrected chi connectivity index (χ3v) is 4.72. The summed E-state index contributed by atoms with van der Waals surface area (Å²) in [5.41, 5.74) is 1.39. The first kappa shape index (κ1) is 14.7. The van der Waals surface area contributed by atoms with Gasteiger partial charge in [-0.25, -0.2) is 0 Å². The molecule has 0 aliphatic rings. The van der Waals surface area contributed by atoms with Crippen molar-refractivity contribution >= 4 is 35.1 Å². The largest absolute Gasteiger partial charge is 0.157 e. The molecule has 0 saturated carbocycles. The van der Waals surface area contributed by atoms with Gasteiger partial charge in [0, 0.05) is 11.5 Å². The second kappa shape index (κ2) is 8.46. The van der Waals surface area contributed by atoms with E-state index < -0.39 is 0 Å². The number of benzene rings is 1. The normalized spacial score (nSPS) is 10.6. The highest BCUT2D eigenvalue weighted by molar-refractivity contribution is 7.99. The number of nitrogens with zero attached hydrogens (tertiary/aromatic N) is 2. The molecule has 0 N–H and O–H groups in total. The minimum atomic E-state index is 0.447. The lowest BCUT2D eigenvalue weighted by Gasteiger charge is -2.02. The van der Waals surface area contributed by atoms with E-state index in [1.54, 1.807) is 17.8 Å². The van der Waals surface area contributed by atoms with Gasteiger partial charge in [0.15, 0.2) is 5.15 Å². The van der Waals surface area contributed by atoms with Crippen LogP contribution in [0.4, 0.5) is 0 Å². The average molecular weight is 311 g/mol. The Morgan fingerprint density at radius 2 is 1.79 bits per heavy atom. The van der Waals surface area contributed by atoms with Gasteiger partial charge in [-0.2, -0.15) is 11.8 Å². The smallest absolute Gasteiger partial charge is 0.151 e. The van der Waals surface area contributed by atoms with Crippen LogP contribution < -0.4 is 0 Å². The fraction of sp³-hybridized carbons (Fsp3) is 0.286. The Labute approximate surface area is 127 Å². The SMILES string of the molecule is Clc1ccc(SCCCSCc2ccccc2)nn1. The number of thioether (sulfide) groups is 2. The van der Waals surface area contributed by atoms with Gasteiger partial charge in [-0.05, 0) is 29.9 Å². The molecule has 5 heteroatoms. The predicted molar refractivity (Wildman–Crippen MR) is 85.0 cm³/mol. The van der Waals surface area contributed by atoms with Gasteiger partial charge in [0.05, 0.1) is 0 Å². The molecule has 0 amide bonds. The van der Waals surface area contributed by atoms with Crippen molar-refractivity contribution < 1.29 is 0 Å². The second-order valence-corrected chi connectivity index (χ2v) is 6.54. The van der Waals surface area contributed by atoms with E-state index >= 15 is 0 Å². The fourth-order valence-corrected chi connectivity index (χ4v) is 3.45. The molecule has 2 rings (SSSR count). The molecule has 0 aliphatic heterocycles. The maximum Gasteiger partial charge on any atom is 0.151 e. The zero-order valence-electron chi connectivity index (χ0n) is 10.5. The van der Waals surface area contributed by atoms with Crippen LogP contribution >= 0.6 is 35.1 Å². The van der Waals surface area contributed by atoms with E-state index in [9.17, 15) is 0 Å². The average Bonchev–Trinajstić information content (AvgIpc) is 2.46. The zero-order chi connectivity index (χ0) is 13.3. The van der Waals surface area contributed by atoms with Crippen molar-refractivity contribution in [3.05, 3.63) is 53.2 Å². The zero-order valence-corrected chi connectivity index (χ0v) is 12.8. The van der Waals surface area contributed by atoms with Crippen LogP contribution in [0.5, 0.6) is 0 Å². The summed E-state index contributed by atoms with van der Waals surface area (Å²) in [6.07, 6.45) is 1.17. The summed E-state index contributed by atoms with van der Waals surface area (Å²) in [6, 6.07) is 14.3. The van der Waals surface area contributed by atoms with E-state index in [1.165, 1.54) is 17.7 Å². The molecule has 0 radical (unpaired) electrons. The second-order valence-electron chi connectivity index (χ2n) is 3.93. The lowest BCUT2D eigenvalue weighted by Crippen LogP contribution is -1.89. The Morgan fingerprint density at radius 1 is 0.947 bits per heavy atom. The highest BCUT2D eigenvalue weighted by Crippen LogP contribution is 2.18. The molecule has 1 aromatic carbocycles. The summed E-state index contributed by atoms with van der Waals surface area (Å²) in [5.74, 6) is 3.33. The van der Waals surface area contributed by atoms with E-state index in [-0.39, 0.29) is 0 Å². The van der Waals surface area contributed by atoms with Crippen molar-refractivity contribution in [3.63, 3.8) is 0 Å². The summed E-state index contributed by atoms with van der Waals surface area (Å²) in [7, 11) is 0. The van der Waals surface area contributed by atoms with Crippen molar-refractivity contribution in [3.8, 4) is 0 Å². The predicted octanol–water partition coefficient (Wildman–Crippen LogP) is 4.55. The standard InChI is InChI=1S/C14H15ClN2S2/c15-13-7-8-14(17-16-13)19-10-4-9-18-11-12-5-2-1-3-6-12/h1-3,5-8H,4,9-11H2. The third-order valence-electron chi connectivity index (χ3n) is 2.40. The fourth-order valence-electron chi connectivity index (χ4n) is 1.48. The number of halogens is 1. The lowest BCUT2D eigenvalue weighted by molar-refractivity contribution is 0.928. The van der Waals surface area contributed by atoms with Gasteiger partial charge in [0.25, 0.3) is 0 Å². The van der Waals surface area contributed by atoms with Gasteiger partial charge in [-0.1, -0.05) is 41.9 Å². The van der Waals surface area contributed by atoms with E-state index in [0.29, 0.717) is 5.15 Å². The Kier molecular flexibility index (Phi) is 6.54. The maximum atomic E-state index is 5.69. The van der Waals surface area contributed by atoms with E-state index in [2.05, 4.69) is 40.5 Å². The molecule has 0 saturated heterocycles. The first-order chi connectivity index (χ1) is 9.34. The van der Waals surface area contributed by atoms with Crippen LogP contribution in [0, 0.1) is 0 Å². The Hall–Kier alpha value is -0.710. The van der Waals surface area contributed by atoms with Crippen molar-refractivity contribution in [1.29, 1.82) is 0 Å². The highest BCUT2D eigenvalue weighted by atomic mass is 35.5. The Bertz CT molecular complexity index is 477. The Morgan fingerprint density at radius 3 is 2.53 bits per heavy atom. The van der Waals surface area contributed by atoms with Crippen LogP contribution in [0.2, 0.25) is 5.15 Å². The molecule has 0 spiro atoms. The van der Waals surface area contributed by atoms with Crippen LogP contribution in [0.1, 0.15) is 12.0 Å². The highest BCUT2D eigenvalue weighted by Gasteiger charge is 1.98. The molecule has 0 fully saturated rings. The summed E-state index contributed by atoms with van der Waals surface area (Å²) in [6.45, 7) is 0. The van der Waals surface area contributed by atoms with Crippen LogP contribution in [0.15, 0.2) is 47.5 Å². The molecule has 1 aromatic heterocycles. The summed E-state index contributed by atoms with van der Waals surface area (Å²) >= 11 is 9.39. The number of hydrogen-bond donors (Lipinski definition) is 0. The first-order valence-corrected chi connectivity index (χ1v) is 8.60. The lowest BCUT2D eigenvalue weighted by atomic mass is 10.2. The van der Waals surface area contributed by atoms with Gasteiger partial charge < -0.3 is 0 Å². The van der Waals surface area contributed by atoms with E-state index in [0.717, 1.165) is 16.5 Å². The van der Waals surface area contributed by atoms with Crippen LogP contribution in [0.3, 0.4) is 0 Å². The summed E-state index contributed by atoms with van der Waals surface area (Å²) < 4.78 is 0. The van der Waals surface area contributed by atoms with Gasteiger partial charge in [-0.15, -0.1) is 22.0 Å². The van der Waals surface area contributed by atoms with E-state index in [1.807, 2.05) is 17.8 Å². The third kappa shape index (κ3) is 5.85. The molecule has 2 aromatic rings. The Balaban J connectivity index is 1.56. The molecule has 0 aliphatic carbocycles. The van der Waals surface area contributed by atoms with Crippen molar-refractivity contribution in [2.45, 2.75) is 17.2 Å². The molecule has 0 unspecified atom stereocenters. The number of hydrogen-bond acceptors (Lipinski definition) is 4. The minimum absolute atomic E-state index is 0.447. The van der Waals surface area contributed by atoms with Crippen molar-refractivity contribution in [2.75, 3.05) is 11.5 Å². The molecule has 1 heterocycles. The maximum absolute atomic E-state index is 5.69. The van der Waals surface area contributed by atoms with Gasteiger partial charge in [0.2, 0.25) is 0 Å². The topological polar surface area (TPSA) is 25.8 Å². The molecule has 0 atom stereocenters. The number of aromatic nitrogens is 2. The summed E-state index contributed by atoms with van der Waals surface area (Å²) in [4.78, 5) is 0. The molecule has 2 nitrogen and oxygen atoms in total. The first-order valence-electron chi connectivity index (χ1n) is 6.08. The van der Waals surface area contributed by atoms with Crippen LogP contribution in [0.25, 0.3) is 0 Å². The van der Waals surface area contributed by atoms with Gasteiger partial charge in [0.1, 0.15) is 5.03 Å². The molecular weight excluding hydrogens is 296 g/mol. The molecular formula is C14H15ClN2S2. The molecule has 0 bridgehead atoms. The van der Waals surface area contributed by atoms with Gasteiger partial charge >= 0.3 is 0 Å². The van der Waals surface area contributed by atoms with Crippen molar-refractivity contribution in [2.24, 2.45) is 0 Å². The van der Waals surface area contributed by atoms with Gasteiger partial charge in [-0.3, -0.25) is 0 Å². The quantitative estimate of drug-likeness (QED) is 0.553. The van der Waals surface area contributed by atoms with Crippen LogP contribution in [-0.2, 0) is 5.75 Å².